The smallest absolute Gasteiger partial charge is 0.119 e. The van der Waals surface area contributed by atoms with Gasteiger partial charge >= 0.3 is 0 Å². The van der Waals surface area contributed by atoms with Crippen LogP contribution in [0.3, 0.4) is 0 Å². The van der Waals surface area contributed by atoms with Gasteiger partial charge in [-0.15, -0.1) is 0 Å². The van der Waals surface area contributed by atoms with Crippen LogP contribution >= 0.6 is 23.2 Å². The van der Waals surface area contributed by atoms with Crippen LogP contribution in [0.2, 0.25) is 10.0 Å². The Hall–Kier alpha value is -1.38. The molecule has 2 aromatic carbocycles. The normalized spacial score (nSPS) is 10.1. The van der Waals surface area contributed by atoms with Gasteiger partial charge in [-0.1, -0.05) is 35.3 Å². The summed E-state index contributed by atoms with van der Waals surface area (Å²) in [5.74, 6) is 0.806. The van der Waals surface area contributed by atoms with Gasteiger partial charge in [0.15, 0.2) is 0 Å². The third kappa shape index (κ3) is 3.83. The zero-order valence-electron chi connectivity index (χ0n) is 9.70. The van der Waals surface area contributed by atoms with E-state index in [4.69, 9.17) is 27.9 Å². The maximum absolute atomic E-state index is 6.02. The van der Waals surface area contributed by atoms with Crippen molar-refractivity contribution in [3.05, 3.63) is 58.6 Å². The molecule has 0 aliphatic carbocycles. The van der Waals surface area contributed by atoms with Crippen LogP contribution < -0.4 is 10.1 Å². The monoisotopic (exact) mass is 281 g/mol. The van der Waals surface area contributed by atoms with E-state index < -0.39 is 0 Å². The Kier molecular flexibility index (Phi) is 4.73. The first-order chi connectivity index (χ1) is 8.75. The van der Waals surface area contributed by atoms with Gasteiger partial charge in [-0.2, -0.15) is 0 Å². The van der Waals surface area contributed by atoms with Crippen LogP contribution in [-0.2, 0) is 0 Å². The van der Waals surface area contributed by atoms with E-state index in [2.05, 4.69) is 5.32 Å². The summed E-state index contributed by atoms with van der Waals surface area (Å²) < 4.78 is 5.56. The van der Waals surface area contributed by atoms with Crippen molar-refractivity contribution in [2.24, 2.45) is 0 Å². The topological polar surface area (TPSA) is 21.3 Å². The Labute approximate surface area is 116 Å². The SMILES string of the molecule is Clc1ccc(OCCNc2ccccc2Cl)cc1. The maximum atomic E-state index is 6.02. The summed E-state index contributed by atoms with van der Waals surface area (Å²) in [6.45, 7) is 1.25. The minimum atomic E-state index is 0.562. The summed E-state index contributed by atoms with van der Waals surface area (Å²) in [5.41, 5.74) is 0.916. The summed E-state index contributed by atoms with van der Waals surface area (Å²) in [6, 6.07) is 14.9. The summed E-state index contributed by atoms with van der Waals surface area (Å²) in [5, 5.41) is 4.63. The van der Waals surface area contributed by atoms with E-state index in [1.807, 2.05) is 36.4 Å². The van der Waals surface area contributed by atoms with Crippen LogP contribution in [0.15, 0.2) is 48.5 Å². The lowest BCUT2D eigenvalue weighted by Gasteiger charge is -2.09. The number of nitrogens with one attached hydrogen (secondary N) is 1. The molecule has 0 aliphatic heterocycles. The summed E-state index contributed by atoms with van der Waals surface area (Å²) in [4.78, 5) is 0. The van der Waals surface area contributed by atoms with Crippen LogP contribution in [0.25, 0.3) is 0 Å². The molecule has 0 amide bonds. The molecular formula is C14H13Cl2NO. The van der Waals surface area contributed by atoms with Gasteiger partial charge in [0.2, 0.25) is 0 Å². The molecule has 0 aromatic heterocycles. The van der Waals surface area contributed by atoms with Crippen molar-refractivity contribution in [1.82, 2.24) is 0 Å². The zero-order chi connectivity index (χ0) is 12.8. The highest BCUT2D eigenvalue weighted by atomic mass is 35.5. The molecule has 0 atom stereocenters. The number of anilines is 1. The average molecular weight is 282 g/mol. The Bertz CT molecular complexity index is 499. The predicted octanol–water partition coefficient (Wildman–Crippen LogP) is 4.48. The quantitative estimate of drug-likeness (QED) is 0.816. The molecule has 0 saturated heterocycles. The lowest BCUT2D eigenvalue weighted by atomic mass is 10.3. The van der Waals surface area contributed by atoms with Crippen LogP contribution in [0.5, 0.6) is 5.75 Å². The van der Waals surface area contributed by atoms with E-state index in [9.17, 15) is 0 Å². The molecule has 0 aliphatic rings. The molecular weight excluding hydrogens is 269 g/mol. The van der Waals surface area contributed by atoms with E-state index in [1.165, 1.54) is 0 Å². The third-order valence-corrected chi connectivity index (χ3v) is 2.96. The molecule has 18 heavy (non-hydrogen) atoms. The second-order valence-corrected chi connectivity index (χ2v) is 4.55. The number of rotatable bonds is 5. The van der Waals surface area contributed by atoms with E-state index in [-0.39, 0.29) is 0 Å². The average Bonchev–Trinajstić information content (AvgIpc) is 2.39. The van der Waals surface area contributed by atoms with Gasteiger partial charge in [-0.25, -0.2) is 0 Å². The van der Waals surface area contributed by atoms with Crippen molar-refractivity contribution < 1.29 is 4.74 Å². The fraction of sp³-hybridized carbons (Fsp3) is 0.143. The second kappa shape index (κ2) is 6.53. The molecule has 1 N–H and O–H groups in total. The standard InChI is InChI=1S/C14H13Cl2NO/c15-11-5-7-12(8-6-11)18-10-9-17-14-4-2-1-3-13(14)16/h1-8,17H,9-10H2. The Morgan fingerprint density at radius 1 is 0.944 bits per heavy atom. The summed E-state index contributed by atoms with van der Waals surface area (Å²) >= 11 is 11.8. The van der Waals surface area contributed by atoms with Crippen LogP contribution in [0.4, 0.5) is 5.69 Å². The second-order valence-electron chi connectivity index (χ2n) is 3.71. The molecule has 2 nitrogen and oxygen atoms in total. The number of hydrogen-bond acceptors (Lipinski definition) is 2. The van der Waals surface area contributed by atoms with Crippen molar-refractivity contribution in [1.29, 1.82) is 0 Å². The van der Waals surface area contributed by atoms with Crippen LogP contribution in [0, 0.1) is 0 Å². The lowest BCUT2D eigenvalue weighted by Crippen LogP contribution is -2.11. The highest BCUT2D eigenvalue weighted by Gasteiger charge is 1.97. The van der Waals surface area contributed by atoms with Crippen molar-refractivity contribution in [2.75, 3.05) is 18.5 Å². The lowest BCUT2D eigenvalue weighted by molar-refractivity contribution is 0.333. The first kappa shape index (κ1) is 13.1. The van der Waals surface area contributed by atoms with Gasteiger partial charge in [0.05, 0.1) is 10.7 Å². The van der Waals surface area contributed by atoms with Crippen molar-refractivity contribution in [3.8, 4) is 5.75 Å². The third-order valence-electron chi connectivity index (χ3n) is 2.37. The first-order valence-corrected chi connectivity index (χ1v) is 6.38. The number of hydrogen-bond donors (Lipinski definition) is 1. The first-order valence-electron chi connectivity index (χ1n) is 5.62. The molecule has 0 fully saturated rings. The largest absolute Gasteiger partial charge is 0.492 e. The van der Waals surface area contributed by atoms with E-state index in [1.54, 1.807) is 12.1 Å². The molecule has 0 heterocycles. The highest BCUT2D eigenvalue weighted by molar-refractivity contribution is 6.33. The van der Waals surface area contributed by atoms with E-state index in [0.29, 0.717) is 23.2 Å². The Morgan fingerprint density at radius 3 is 2.39 bits per heavy atom. The van der Waals surface area contributed by atoms with E-state index in [0.717, 1.165) is 11.4 Å². The van der Waals surface area contributed by atoms with Gasteiger partial charge in [-0.05, 0) is 36.4 Å². The highest BCUT2D eigenvalue weighted by Crippen LogP contribution is 2.20. The maximum Gasteiger partial charge on any atom is 0.119 e. The molecule has 2 aromatic rings. The van der Waals surface area contributed by atoms with Crippen LogP contribution in [-0.4, -0.2) is 13.2 Å². The van der Waals surface area contributed by atoms with Crippen molar-refractivity contribution in [2.45, 2.75) is 0 Å². The van der Waals surface area contributed by atoms with Gasteiger partial charge in [0, 0.05) is 11.6 Å². The van der Waals surface area contributed by atoms with E-state index >= 15 is 0 Å². The van der Waals surface area contributed by atoms with Gasteiger partial charge in [0.25, 0.3) is 0 Å². The number of para-hydroxylation sites is 1. The molecule has 0 spiro atoms. The fourth-order valence-electron chi connectivity index (χ4n) is 1.49. The fourth-order valence-corrected chi connectivity index (χ4v) is 1.82. The molecule has 0 radical (unpaired) electrons. The van der Waals surface area contributed by atoms with Crippen molar-refractivity contribution >= 4 is 28.9 Å². The minimum Gasteiger partial charge on any atom is -0.492 e. The zero-order valence-corrected chi connectivity index (χ0v) is 11.2. The summed E-state index contributed by atoms with van der Waals surface area (Å²) in [6.07, 6.45) is 0. The Balaban J connectivity index is 1.76. The minimum absolute atomic E-state index is 0.562. The Morgan fingerprint density at radius 2 is 1.67 bits per heavy atom. The van der Waals surface area contributed by atoms with Gasteiger partial charge in [0.1, 0.15) is 12.4 Å². The predicted molar refractivity (Wildman–Crippen MR) is 76.9 cm³/mol. The summed E-state index contributed by atoms with van der Waals surface area (Å²) in [7, 11) is 0. The molecule has 4 heteroatoms. The van der Waals surface area contributed by atoms with Crippen LogP contribution in [0.1, 0.15) is 0 Å². The molecule has 2 rings (SSSR count). The van der Waals surface area contributed by atoms with Gasteiger partial charge < -0.3 is 10.1 Å². The molecule has 94 valence electrons. The number of halogens is 2. The number of benzene rings is 2. The molecule has 0 unspecified atom stereocenters. The van der Waals surface area contributed by atoms with Gasteiger partial charge in [-0.3, -0.25) is 0 Å². The number of ether oxygens (including phenoxy) is 1. The van der Waals surface area contributed by atoms with Crippen molar-refractivity contribution in [3.63, 3.8) is 0 Å². The molecule has 0 bridgehead atoms. The molecule has 0 saturated carbocycles.